The number of non-ortho nitro benzene ring substituents is 1. The Morgan fingerprint density at radius 3 is 2.89 bits per heavy atom. The summed E-state index contributed by atoms with van der Waals surface area (Å²) in [4.78, 5) is 14.5. The molecule has 0 aliphatic rings. The van der Waals surface area contributed by atoms with Crippen LogP contribution in [0.1, 0.15) is 5.56 Å². The number of aromatic nitrogens is 1. The number of hydrogen-bond acceptors (Lipinski definition) is 5. The van der Waals surface area contributed by atoms with E-state index >= 15 is 0 Å². The van der Waals surface area contributed by atoms with Gasteiger partial charge in [0.05, 0.1) is 4.92 Å². The summed E-state index contributed by atoms with van der Waals surface area (Å²) in [5.74, 6) is 0.531. The molecule has 1 aromatic heterocycles. The van der Waals surface area contributed by atoms with Crippen molar-refractivity contribution in [3.8, 4) is 0 Å². The van der Waals surface area contributed by atoms with Crippen molar-refractivity contribution < 1.29 is 4.92 Å². The molecule has 0 amide bonds. The average molecular weight is 340 g/mol. The van der Waals surface area contributed by atoms with E-state index in [0.717, 1.165) is 15.1 Å². The van der Waals surface area contributed by atoms with Crippen molar-refractivity contribution in [2.75, 3.05) is 5.73 Å². The molecule has 0 aliphatic carbocycles. The van der Waals surface area contributed by atoms with Crippen LogP contribution in [0.15, 0.2) is 46.0 Å². The molecule has 1 aromatic carbocycles. The standard InChI is InChI=1S/C12H10BrN3O2S/c13-10-2-1-5-15-12(10)19-7-8-6-9(16(17)18)3-4-11(8)14/h1-6H,7,14H2. The molecule has 0 fully saturated rings. The molecule has 0 aliphatic heterocycles. The Kier molecular flexibility index (Phi) is 4.39. The monoisotopic (exact) mass is 339 g/mol. The van der Waals surface area contributed by atoms with Gasteiger partial charge in [-0.2, -0.15) is 0 Å². The van der Waals surface area contributed by atoms with Crippen molar-refractivity contribution in [3.63, 3.8) is 0 Å². The van der Waals surface area contributed by atoms with Crippen LogP contribution in [0.5, 0.6) is 0 Å². The van der Waals surface area contributed by atoms with Crippen LogP contribution in [0.4, 0.5) is 11.4 Å². The number of anilines is 1. The van der Waals surface area contributed by atoms with Crippen LogP contribution in [-0.2, 0) is 5.75 Å². The molecule has 1 heterocycles. The number of nitrogen functional groups attached to an aromatic ring is 1. The summed E-state index contributed by atoms with van der Waals surface area (Å²) < 4.78 is 0.893. The fourth-order valence-electron chi connectivity index (χ4n) is 1.45. The number of nitro groups is 1. The number of rotatable bonds is 4. The Balaban J connectivity index is 2.17. The first-order valence-corrected chi connectivity index (χ1v) is 7.12. The third-order valence-electron chi connectivity index (χ3n) is 2.43. The topological polar surface area (TPSA) is 82.0 Å². The first-order chi connectivity index (χ1) is 9.08. The molecule has 0 saturated heterocycles. The Bertz CT molecular complexity index is 622. The van der Waals surface area contributed by atoms with E-state index in [2.05, 4.69) is 20.9 Å². The summed E-state index contributed by atoms with van der Waals surface area (Å²) in [5, 5.41) is 11.6. The van der Waals surface area contributed by atoms with Gasteiger partial charge in [0.25, 0.3) is 5.69 Å². The lowest BCUT2D eigenvalue weighted by Gasteiger charge is -2.06. The van der Waals surface area contributed by atoms with Crippen LogP contribution in [-0.4, -0.2) is 9.91 Å². The van der Waals surface area contributed by atoms with Crippen LogP contribution < -0.4 is 5.73 Å². The fraction of sp³-hybridized carbons (Fsp3) is 0.0833. The molecule has 0 atom stereocenters. The van der Waals surface area contributed by atoms with Crippen molar-refractivity contribution in [3.05, 3.63) is 56.7 Å². The molecule has 7 heteroatoms. The number of nitrogens with two attached hydrogens (primary N) is 1. The largest absolute Gasteiger partial charge is 0.398 e. The number of pyridine rings is 1. The summed E-state index contributed by atoms with van der Waals surface area (Å²) in [6.07, 6.45) is 1.70. The number of nitro benzene ring substituents is 1. The summed E-state index contributed by atoms with van der Waals surface area (Å²) in [7, 11) is 0. The van der Waals surface area contributed by atoms with Gasteiger partial charge in [0, 0.05) is 34.2 Å². The number of halogens is 1. The second-order valence-corrected chi connectivity index (χ2v) is 5.54. The molecular weight excluding hydrogens is 330 g/mol. The molecule has 5 nitrogen and oxygen atoms in total. The van der Waals surface area contributed by atoms with Gasteiger partial charge < -0.3 is 5.73 Å². The summed E-state index contributed by atoms with van der Waals surface area (Å²) in [6, 6.07) is 8.18. The van der Waals surface area contributed by atoms with Gasteiger partial charge in [0.15, 0.2) is 0 Å². The van der Waals surface area contributed by atoms with Gasteiger partial charge in [-0.15, -0.1) is 11.8 Å². The second kappa shape index (κ2) is 6.03. The lowest BCUT2D eigenvalue weighted by Crippen LogP contribution is -1.96. The van der Waals surface area contributed by atoms with Gasteiger partial charge in [-0.1, -0.05) is 0 Å². The Morgan fingerprint density at radius 2 is 2.21 bits per heavy atom. The van der Waals surface area contributed by atoms with Gasteiger partial charge >= 0.3 is 0 Å². The Labute approximate surface area is 122 Å². The highest BCUT2D eigenvalue weighted by Crippen LogP contribution is 2.30. The van der Waals surface area contributed by atoms with Crippen molar-refractivity contribution in [2.45, 2.75) is 10.8 Å². The molecule has 0 spiro atoms. The Hall–Kier alpha value is -1.60. The average Bonchev–Trinajstić information content (AvgIpc) is 2.39. The minimum atomic E-state index is -0.426. The smallest absolute Gasteiger partial charge is 0.269 e. The third-order valence-corrected chi connectivity index (χ3v) is 4.38. The first kappa shape index (κ1) is 13.8. The van der Waals surface area contributed by atoms with E-state index in [9.17, 15) is 10.1 Å². The lowest BCUT2D eigenvalue weighted by atomic mass is 10.2. The van der Waals surface area contributed by atoms with Gasteiger partial charge in [-0.05, 0) is 39.7 Å². The maximum Gasteiger partial charge on any atom is 0.269 e. The van der Waals surface area contributed by atoms with Crippen molar-refractivity contribution in [1.82, 2.24) is 4.98 Å². The van der Waals surface area contributed by atoms with E-state index in [1.165, 1.54) is 23.9 Å². The summed E-state index contributed by atoms with van der Waals surface area (Å²) in [5.41, 5.74) is 7.15. The molecule has 2 rings (SSSR count). The number of benzene rings is 1. The number of nitrogens with zero attached hydrogens (tertiary/aromatic N) is 2. The maximum absolute atomic E-state index is 10.7. The van der Waals surface area contributed by atoms with Crippen LogP contribution in [0.25, 0.3) is 0 Å². The molecule has 98 valence electrons. The zero-order valence-corrected chi connectivity index (χ0v) is 12.1. The highest BCUT2D eigenvalue weighted by Gasteiger charge is 2.10. The second-order valence-electron chi connectivity index (χ2n) is 3.72. The molecule has 2 N–H and O–H groups in total. The maximum atomic E-state index is 10.7. The predicted molar refractivity (Wildman–Crippen MR) is 79.0 cm³/mol. The highest BCUT2D eigenvalue weighted by atomic mass is 79.9. The van der Waals surface area contributed by atoms with E-state index in [1.807, 2.05) is 12.1 Å². The van der Waals surface area contributed by atoms with E-state index in [-0.39, 0.29) is 5.69 Å². The zero-order chi connectivity index (χ0) is 13.8. The van der Waals surface area contributed by atoms with Crippen molar-refractivity contribution in [1.29, 1.82) is 0 Å². The zero-order valence-electron chi connectivity index (χ0n) is 9.75. The number of hydrogen-bond donors (Lipinski definition) is 1. The highest BCUT2D eigenvalue weighted by molar-refractivity contribution is 9.10. The normalized spacial score (nSPS) is 10.4. The predicted octanol–water partition coefficient (Wildman–Crippen LogP) is 3.63. The van der Waals surface area contributed by atoms with Crippen molar-refractivity contribution >= 4 is 39.1 Å². The van der Waals surface area contributed by atoms with Gasteiger partial charge in [0.1, 0.15) is 5.03 Å². The fourth-order valence-corrected chi connectivity index (χ4v) is 2.94. The first-order valence-electron chi connectivity index (χ1n) is 5.34. The van der Waals surface area contributed by atoms with E-state index in [1.54, 1.807) is 12.3 Å². The van der Waals surface area contributed by atoms with E-state index in [0.29, 0.717) is 11.4 Å². The van der Waals surface area contributed by atoms with E-state index in [4.69, 9.17) is 5.73 Å². The minimum Gasteiger partial charge on any atom is -0.398 e. The van der Waals surface area contributed by atoms with Gasteiger partial charge in [-0.25, -0.2) is 4.98 Å². The molecule has 0 bridgehead atoms. The van der Waals surface area contributed by atoms with Gasteiger partial charge in [0.2, 0.25) is 0 Å². The number of thioether (sulfide) groups is 1. The minimum absolute atomic E-state index is 0.0462. The molecule has 19 heavy (non-hydrogen) atoms. The SMILES string of the molecule is Nc1ccc([N+](=O)[O-])cc1CSc1ncccc1Br. The van der Waals surface area contributed by atoms with Crippen LogP contribution in [0, 0.1) is 10.1 Å². The van der Waals surface area contributed by atoms with Crippen LogP contribution >= 0.6 is 27.7 Å². The third kappa shape index (κ3) is 3.45. The van der Waals surface area contributed by atoms with Crippen LogP contribution in [0.3, 0.4) is 0 Å². The van der Waals surface area contributed by atoms with Crippen molar-refractivity contribution in [2.24, 2.45) is 0 Å². The van der Waals surface area contributed by atoms with Crippen LogP contribution in [0.2, 0.25) is 0 Å². The summed E-state index contributed by atoms with van der Waals surface area (Å²) in [6.45, 7) is 0. The van der Waals surface area contributed by atoms with E-state index < -0.39 is 4.92 Å². The lowest BCUT2D eigenvalue weighted by molar-refractivity contribution is -0.384. The quantitative estimate of drug-likeness (QED) is 0.398. The Morgan fingerprint density at radius 1 is 1.42 bits per heavy atom. The molecule has 0 saturated carbocycles. The molecular formula is C12H10BrN3O2S. The molecule has 0 unspecified atom stereocenters. The molecule has 2 aromatic rings. The van der Waals surface area contributed by atoms with Gasteiger partial charge in [-0.3, -0.25) is 10.1 Å². The molecule has 0 radical (unpaired) electrons. The summed E-state index contributed by atoms with van der Waals surface area (Å²) >= 11 is 4.88.